The van der Waals surface area contributed by atoms with Gasteiger partial charge in [0.2, 0.25) is 0 Å². The highest BCUT2D eigenvalue weighted by atomic mass is 32.2. The predicted octanol–water partition coefficient (Wildman–Crippen LogP) is 0.551. The molecular weight excluding hydrogens is 226 g/mol. The zero-order valence-electron chi connectivity index (χ0n) is 10.8. The van der Waals surface area contributed by atoms with Crippen molar-refractivity contribution in [2.24, 2.45) is 0 Å². The van der Waals surface area contributed by atoms with Crippen LogP contribution in [0.3, 0.4) is 0 Å². The summed E-state index contributed by atoms with van der Waals surface area (Å²) < 4.78 is 27.3. The van der Waals surface area contributed by atoms with Crippen LogP contribution >= 0.6 is 0 Å². The van der Waals surface area contributed by atoms with E-state index in [0.717, 1.165) is 12.8 Å². The average Bonchev–Trinajstić information content (AvgIpc) is 2.20. The Balaban J connectivity index is 3.86. The first-order chi connectivity index (χ1) is 7.40. The summed E-state index contributed by atoms with van der Waals surface area (Å²) in [7, 11) is -1.68. The van der Waals surface area contributed by atoms with Gasteiger partial charge in [0, 0.05) is 32.7 Å². The standard InChI is InChI=1S/C10H25N3O2S/c1-5-6-9-13(4)16(14,15)12-8-7-11-10(2)3/h10-12H,5-9H2,1-4H3. The molecule has 6 heteroatoms. The third-order valence-electron chi connectivity index (χ3n) is 2.20. The summed E-state index contributed by atoms with van der Waals surface area (Å²) in [6.07, 6.45) is 1.89. The zero-order chi connectivity index (χ0) is 12.6. The summed E-state index contributed by atoms with van der Waals surface area (Å²) in [6.45, 7) is 7.75. The molecular formula is C10H25N3O2S. The largest absolute Gasteiger partial charge is 0.313 e. The summed E-state index contributed by atoms with van der Waals surface area (Å²) >= 11 is 0. The number of unbranched alkanes of at least 4 members (excludes halogenated alkanes) is 1. The molecule has 0 spiro atoms. The first kappa shape index (κ1) is 15.8. The Kier molecular flexibility index (Phi) is 7.91. The molecule has 0 radical (unpaired) electrons. The van der Waals surface area contributed by atoms with Gasteiger partial charge in [0.05, 0.1) is 0 Å². The Morgan fingerprint density at radius 2 is 1.88 bits per heavy atom. The summed E-state index contributed by atoms with van der Waals surface area (Å²) in [5, 5.41) is 3.15. The van der Waals surface area contributed by atoms with Crippen molar-refractivity contribution in [3.05, 3.63) is 0 Å². The molecule has 0 aliphatic rings. The second-order valence-corrected chi connectivity index (χ2v) is 6.05. The van der Waals surface area contributed by atoms with Crippen LogP contribution in [-0.4, -0.2) is 45.4 Å². The molecule has 0 saturated heterocycles. The van der Waals surface area contributed by atoms with Crippen LogP contribution in [0.15, 0.2) is 0 Å². The van der Waals surface area contributed by atoms with Crippen molar-refractivity contribution in [1.29, 1.82) is 0 Å². The van der Waals surface area contributed by atoms with Gasteiger partial charge < -0.3 is 5.32 Å². The molecule has 0 aliphatic heterocycles. The third-order valence-corrected chi connectivity index (χ3v) is 3.77. The molecule has 0 unspecified atom stereocenters. The van der Waals surface area contributed by atoms with Crippen LogP contribution in [0.25, 0.3) is 0 Å². The Labute approximate surface area is 99.8 Å². The van der Waals surface area contributed by atoms with Gasteiger partial charge in [0.15, 0.2) is 0 Å². The van der Waals surface area contributed by atoms with Crippen molar-refractivity contribution in [2.75, 3.05) is 26.7 Å². The van der Waals surface area contributed by atoms with Gasteiger partial charge in [0.25, 0.3) is 10.2 Å². The SMILES string of the molecule is CCCCN(C)S(=O)(=O)NCCNC(C)C. The van der Waals surface area contributed by atoms with E-state index in [4.69, 9.17) is 0 Å². The Bertz CT molecular complexity index is 265. The maximum Gasteiger partial charge on any atom is 0.279 e. The Morgan fingerprint density at radius 1 is 1.25 bits per heavy atom. The van der Waals surface area contributed by atoms with E-state index in [-0.39, 0.29) is 0 Å². The Hall–Kier alpha value is -0.170. The lowest BCUT2D eigenvalue weighted by Crippen LogP contribution is -2.42. The molecule has 0 aromatic heterocycles. The molecule has 0 heterocycles. The fourth-order valence-corrected chi connectivity index (χ4v) is 2.10. The van der Waals surface area contributed by atoms with Gasteiger partial charge in [-0.05, 0) is 6.42 Å². The molecule has 98 valence electrons. The first-order valence-electron chi connectivity index (χ1n) is 5.84. The van der Waals surface area contributed by atoms with E-state index in [9.17, 15) is 8.42 Å². The lowest BCUT2D eigenvalue weighted by molar-refractivity contribution is 0.447. The summed E-state index contributed by atoms with van der Waals surface area (Å²) in [4.78, 5) is 0. The lowest BCUT2D eigenvalue weighted by atomic mass is 10.3. The minimum absolute atomic E-state index is 0.377. The molecule has 0 fully saturated rings. The molecule has 0 aromatic carbocycles. The average molecular weight is 251 g/mol. The molecule has 16 heavy (non-hydrogen) atoms. The van der Waals surface area contributed by atoms with E-state index in [1.54, 1.807) is 7.05 Å². The van der Waals surface area contributed by atoms with Gasteiger partial charge in [-0.2, -0.15) is 12.7 Å². The molecule has 0 atom stereocenters. The third kappa shape index (κ3) is 7.16. The molecule has 0 bridgehead atoms. The smallest absolute Gasteiger partial charge is 0.279 e. The van der Waals surface area contributed by atoms with Crippen molar-refractivity contribution in [2.45, 2.75) is 39.7 Å². The van der Waals surface area contributed by atoms with Crippen molar-refractivity contribution in [3.8, 4) is 0 Å². The van der Waals surface area contributed by atoms with E-state index in [1.807, 2.05) is 20.8 Å². The normalized spacial score (nSPS) is 12.6. The fraction of sp³-hybridized carbons (Fsp3) is 1.00. The van der Waals surface area contributed by atoms with E-state index in [0.29, 0.717) is 25.7 Å². The van der Waals surface area contributed by atoms with E-state index >= 15 is 0 Å². The van der Waals surface area contributed by atoms with Crippen molar-refractivity contribution in [1.82, 2.24) is 14.3 Å². The number of hydrogen-bond acceptors (Lipinski definition) is 3. The highest BCUT2D eigenvalue weighted by molar-refractivity contribution is 7.87. The van der Waals surface area contributed by atoms with Gasteiger partial charge in [-0.3, -0.25) is 0 Å². The van der Waals surface area contributed by atoms with Crippen LogP contribution < -0.4 is 10.0 Å². The fourth-order valence-electron chi connectivity index (χ4n) is 1.15. The molecule has 2 N–H and O–H groups in total. The highest BCUT2D eigenvalue weighted by Crippen LogP contribution is 1.97. The molecule has 0 saturated carbocycles. The summed E-state index contributed by atoms with van der Waals surface area (Å²) in [6, 6.07) is 0.377. The van der Waals surface area contributed by atoms with E-state index < -0.39 is 10.2 Å². The minimum Gasteiger partial charge on any atom is -0.313 e. The number of hydrogen-bond donors (Lipinski definition) is 2. The lowest BCUT2D eigenvalue weighted by Gasteiger charge is -2.17. The number of nitrogens with zero attached hydrogens (tertiary/aromatic N) is 1. The first-order valence-corrected chi connectivity index (χ1v) is 7.28. The molecule has 5 nitrogen and oxygen atoms in total. The highest BCUT2D eigenvalue weighted by Gasteiger charge is 2.15. The molecule has 0 aromatic rings. The van der Waals surface area contributed by atoms with Crippen LogP contribution in [0, 0.1) is 0 Å². The van der Waals surface area contributed by atoms with E-state index in [1.165, 1.54) is 4.31 Å². The maximum absolute atomic E-state index is 11.7. The Morgan fingerprint density at radius 3 is 2.38 bits per heavy atom. The topological polar surface area (TPSA) is 61.4 Å². The van der Waals surface area contributed by atoms with Gasteiger partial charge in [0.1, 0.15) is 0 Å². The van der Waals surface area contributed by atoms with Crippen LogP contribution in [0.2, 0.25) is 0 Å². The van der Waals surface area contributed by atoms with Gasteiger partial charge >= 0.3 is 0 Å². The number of nitrogens with one attached hydrogen (secondary N) is 2. The summed E-state index contributed by atoms with van der Waals surface area (Å²) in [5.41, 5.74) is 0. The van der Waals surface area contributed by atoms with Crippen LogP contribution in [0.1, 0.15) is 33.6 Å². The maximum atomic E-state index is 11.7. The monoisotopic (exact) mass is 251 g/mol. The van der Waals surface area contributed by atoms with Gasteiger partial charge in [-0.1, -0.05) is 27.2 Å². The van der Waals surface area contributed by atoms with Crippen LogP contribution in [0.4, 0.5) is 0 Å². The van der Waals surface area contributed by atoms with Gasteiger partial charge in [-0.25, -0.2) is 4.72 Å². The molecule has 0 aliphatic carbocycles. The summed E-state index contributed by atoms with van der Waals surface area (Å²) in [5.74, 6) is 0. The second-order valence-electron chi connectivity index (χ2n) is 4.18. The van der Waals surface area contributed by atoms with Crippen LogP contribution in [0.5, 0.6) is 0 Å². The molecule has 0 amide bonds. The van der Waals surface area contributed by atoms with Crippen molar-refractivity contribution in [3.63, 3.8) is 0 Å². The second kappa shape index (κ2) is 8.00. The van der Waals surface area contributed by atoms with E-state index in [2.05, 4.69) is 10.0 Å². The minimum atomic E-state index is -3.29. The van der Waals surface area contributed by atoms with Crippen molar-refractivity contribution < 1.29 is 8.42 Å². The van der Waals surface area contributed by atoms with Crippen molar-refractivity contribution >= 4 is 10.2 Å². The predicted molar refractivity (Wildman–Crippen MR) is 67.6 cm³/mol. The molecule has 0 rings (SSSR count). The quantitative estimate of drug-likeness (QED) is 0.588. The van der Waals surface area contributed by atoms with Crippen LogP contribution in [-0.2, 0) is 10.2 Å². The number of rotatable bonds is 9. The van der Waals surface area contributed by atoms with Gasteiger partial charge in [-0.15, -0.1) is 0 Å². The zero-order valence-corrected chi connectivity index (χ0v) is 11.6.